The topological polar surface area (TPSA) is 38.1 Å². The van der Waals surface area contributed by atoms with Crippen LogP contribution in [0.15, 0.2) is 54.6 Å². The highest BCUT2D eigenvalue weighted by Crippen LogP contribution is 2.18. The molecular formula is C23H29N3O. The minimum absolute atomic E-state index is 0.183. The van der Waals surface area contributed by atoms with Crippen LogP contribution in [0.2, 0.25) is 0 Å². The summed E-state index contributed by atoms with van der Waals surface area (Å²) in [6.07, 6.45) is 3.72. The zero-order chi connectivity index (χ0) is 19.1. The average molecular weight is 364 g/mol. The third-order valence-electron chi connectivity index (χ3n) is 4.85. The number of hydrogen-bond acceptors (Lipinski definition) is 2. The van der Waals surface area contributed by atoms with Gasteiger partial charge in [0.2, 0.25) is 5.91 Å². The van der Waals surface area contributed by atoms with E-state index >= 15 is 0 Å². The molecule has 0 fully saturated rings. The van der Waals surface area contributed by atoms with Gasteiger partial charge in [-0.3, -0.25) is 4.79 Å². The molecule has 0 atom stereocenters. The van der Waals surface area contributed by atoms with Gasteiger partial charge in [-0.15, -0.1) is 0 Å². The number of carbonyl (C=O) groups is 1. The molecule has 0 saturated carbocycles. The van der Waals surface area contributed by atoms with Crippen molar-refractivity contribution in [1.29, 1.82) is 0 Å². The van der Waals surface area contributed by atoms with E-state index in [2.05, 4.69) is 48.7 Å². The molecule has 0 N–H and O–H groups in total. The zero-order valence-corrected chi connectivity index (χ0v) is 16.4. The van der Waals surface area contributed by atoms with E-state index in [1.807, 2.05) is 29.2 Å². The van der Waals surface area contributed by atoms with Crippen LogP contribution in [0, 0.1) is 0 Å². The summed E-state index contributed by atoms with van der Waals surface area (Å²) in [5.41, 5.74) is 3.30. The molecule has 2 aromatic carbocycles. The fourth-order valence-electron chi connectivity index (χ4n) is 3.53. The van der Waals surface area contributed by atoms with E-state index in [-0.39, 0.29) is 5.91 Å². The number of aryl methyl sites for hydroxylation is 2. The van der Waals surface area contributed by atoms with Gasteiger partial charge in [-0.05, 0) is 37.0 Å². The molecule has 1 amide bonds. The third-order valence-corrected chi connectivity index (χ3v) is 4.85. The van der Waals surface area contributed by atoms with E-state index in [0.29, 0.717) is 6.54 Å². The molecule has 0 radical (unpaired) electrons. The minimum atomic E-state index is 0.183. The van der Waals surface area contributed by atoms with Gasteiger partial charge in [-0.1, -0.05) is 56.3 Å². The Kier molecular flexibility index (Phi) is 6.64. The number of nitrogens with zero attached hydrogens (tertiary/aromatic N) is 3. The van der Waals surface area contributed by atoms with Crippen molar-refractivity contribution in [3.8, 4) is 0 Å². The first-order valence-electron chi connectivity index (χ1n) is 9.98. The molecule has 3 rings (SSSR count). The molecule has 0 aliphatic carbocycles. The van der Waals surface area contributed by atoms with Crippen molar-refractivity contribution in [2.45, 2.75) is 46.1 Å². The molecular weight excluding hydrogens is 334 g/mol. The van der Waals surface area contributed by atoms with Crippen LogP contribution in [0.4, 0.5) is 0 Å². The molecule has 3 aromatic rings. The lowest BCUT2D eigenvalue weighted by atomic mass is 10.1. The predicted octanol–water partition coefficient (Wildman–Crippen LogP) is 4.47. The molecule has 27 heavy (non-hydrogen) atoms. The van der Waals surface area contributed by atoms with Crippen LogP contribution in [0.3, 0.4) is 0 Å². The van der Waals surface area contributed by atoms with E-state index in [4.69, 9.17) is 4.98 Å². The quantitative estimate of drug-likeness (QED) is 0.562. The molecule has 0 spiro atoms. The summed E-state index contributed by atoms with van der Waals surface area (Å²) in [5, 5.41) is 0. The smallest absolute Gasteiger partial charge is 0.242 e. The Bertz CT molecular complexity index is 864. The van der Waals surface area contributed by atoms with Gasteiger partial charge in [-0.2, -0.15) is 0 Å². The number of aromatic nitrogens is 2. The van der Waals surface area contributed by atoms with Gasteiger partial charge in [0.1, 0.15) is 12.4 Å². The fraction of sp³-hybridized carbons (Fsp3) is 0.391. The number of carbonyl (C=O) groups excluding carboxylic acids is 1. The first-order valence-corrected chi connectivity index (χ1v) is 9.98. The lowest BCUT2D eigenvalue weighted by Gasteiger charge is -2.22. The summed E-state index contributed by atoms with van der Waals surface area (Å²) in [7, 11) is 0. The average Bonchev–Trinajstić information content (AvgIpc) is 3.04. The van der Waals surface area contributed by atoms with Crippen molar-refractivity contribution in [3.63, 3.8) is 0 Å². The van der Waals surface area contributed by atoms with Crippen LogP contribution in [0.25, 0.3) is 11.0 Å². The summed E-state index contributed by atoms with van der Waals surface area (Å²) < 4.78 is 2.11. The Morgan fingerprint density at radius 3 is 2.30 bits per heavy atom. The molecule has 0 saturated heterocycles. The van der Waals surface area contributed by atoms with Gasteiger partial charge in [0.05, 0.1) is 11.0 Å². The molecule has 0 unspecified atom stereocenters. The molecule has 1 heterocycles. The number of hydrogen-bond donors (Lipinski definition) is 0. The molecule has 4 heteroatoms. The molecule has 0 bridgehead atoms. The summed E-state index contributed by atoms with van der Waals surface area (Å²) in [4.78, 5) is 19.7. The van der Waals surface area contributed by atoms with Gasteiger partial charge in [0.25, 0.3) is 0 Å². The van der Waals surface area contributed by atoms with E-state index in [9.17, 15) is 4.79 Å². The van der Waals surface area contributed by atoms with Gasteiger partial charge in [-0.25, -0.2) is 4.98 Å². The second-order valence-electron chi connectivity index (χ2n) is 6.97. The summed E-state index contributed by atoms with van der Waals surface area (Å²) >= 11 is 0. The lowest BCUT2D eigenvalue weighted by molar-refractivity contribution is -0.131. The maximum absolute atomic E-state index is 12.9. The van der Waals surface area contributed by atoms with Gasteiger partial charge >= 0.3 is 0 Å². The SMILES string of the molecule is CCCN(CCC)C(=O)Cn1c(CCc2ccccc2)nc2ccccc21. The highest BCUT2D eigenvalue weighted by molar-refractivity contribution is 5.81. The maximum Gasteiger partial charge on any atom is 0.242 e. The van der Waals surface area contributed by atoms with Crippen LogP contribution in [-0.2, 0) is 24.2 Å². The Hall–Kier alpha value is -2.62. The first-order chi connectivity index (χ1) is 13.2. The normalized spacial score (nSPS) is 11.0. The highest BCUT2D eigenvalue weighted by atomic mass is 16.2. The largest absolute Gasteiger partial charge is 0.341 e. The predicted molar refractivity (Wildman–Crippen MR) is 111 cm³/mol. The zero-order valence-electron chi connectivity index (χ0n) is 16.4. The number of imidazole rings is 1. The fourth-order valence-corrected chi connectivity index (χ4v) is 3.53. The molecule has 0 aliphatic rings. The maximum atomic E-state index is 12.9. The Morgan fingerprint density at radius 2 is 1.59 bits per heavy atom. The van der Waals surface area contributed by atoms with Crippen LogP contribution >= 0.6 is 0 Å². The van der Waals surface area contributed by atoms with Crippen LogP contribution < -0.4 is 0 Å². The summed E-state index contributed by atoms with van der Waals surface area (Å²) in [6, 6.07) is 18.6. The molecule has 4 nitrogen and oxygen atoms in total. The number of fused-ring (bicyclic) bond motifs is 1. The second-order valence-corrected chi connectivity index (χ2v) is 6.97. The van der Waals surface area contributed by atoms with E-state index < -0.39 is 0 Å². The van der Waals surface area contributed by atoms with Gasteiger partial charge < -0.3 is 9.47 Å². The standard InChI is InChI=1S/C23H29N3O/c1-3-16-25(17-4-2)23(27)18-26-21-13-9-8-12-20(21)24-22(26)15-14-19-10-6-5-7-11-19/h5-13H,3-4,14-18H2,1-2H3. The molecule has 142 valence electrons. The van der Waals surface area contributed by atoms with Crippen molar-refractivity contribution < 1.29 is 4.79 Å². The van der Waals surface area contributed by atoms with E-state index in [1.165, 1.54) is 5.56 Å². The lowest BCUT2D eigenvalue weighted by Crippen LogP contribution is -2.35. The van der Waals surface area contributed by atoms with Crippen molar-refractivity contribution in [2.75, 3.05) is 13.1 Å². The van der Waals surface area contributed by atoms with E-state index in [0.717, 1.165) is 55.6 Å². The number of benzene rings is 2. The van der Waals surface area contributed by atoms with Crippen LogP contribution in [-0.4, -0.2) is 33.4 Å². The van der Waals surface area contributed by atoms with E-state index in [1.54, 1.807) is 0 Å². The van der Waals surface area contributed by atoms with Crippen molar-refractivity contribution in [1.82, 2.24) is 14.5 Å². The Balaban J connectivity index is 1.84. The van der Waals surface area contributed by atoms with Crippen molar-refractivity contribution in [3.05, 3.63) is 66.0 Å². The molecule has 1 aromatic heterocycles. The summed E-state index contributed by atoms with van der Waals surface area (Å²) in [6.45, 7) is 6.24. The van der Waals surface area contributed by atoms with Crippen LogP contribution in [0.5, 0.6) is 0 Å². The molecule has 0 aliphatic heterocycles. The minimum Gasteiger partial charge on any atom is -0.341 e. The van der Waals surface area contributed by atoms with Crippen LogP contribution in [0.1, 0.15) is 38.1 Å². The van der Waals surface area contributed by atoms with Gasteiger partial charge in [0, 0.05) is 19.5 Å². The summed E-state index contributed by atoms with van der Waals surface area (Å²) in [5.74, 6) is 1.17. The number of para-hydroxylation sites is 2. The number of rotatable bonds is 9. The van der Waals surface area contributed by atoms with Gasteiger partial charge in [0.15, 0.2) is 0 Å². The first kappa shape index (κ1) is 19.2. The van der Waals surface area contributed by atoms with Crippen molar-refractivity contribution in [2.24, 2.45) is 0 Å². The Morgan fingerprint density at radius 1 is 0.926 bits per heavy atom. The monoisotopic (exact) mass is 363 g/mol. The Labute approximate surface area is 161 Å². The van der Waals surface area contributed by atoms with Crippen molar-refractivity contribution >= 4 is 16.9 Å². The number of amides is 1. The highest BCUT2D eigenvalue weighted by Gasteiger charge is 2.17. The third kappa shape index (κ3) is 4.76. The second kappa shape index (κ2) is 9.36.